The summed E-state index contributed by atoms with van der Waals surface area (Å²) in [6, 6.07) is 0. The number of nitrogens with zero attached hydrogens (tertiary/aromatic N) is 1. The second kappa shape index (κ2) is 4.76. The van der Waals surface area contributed by atoms with Crippen LogP contribution in [-0.4, -0.2) is 29.1 Å². The minimum atomic E-state index is -0.169. The van der Waals surface area contributed by atoms with Crippen molar-refractivity contribution in [3.63, 3.8) is 0 Å². The summed E-state index contributed by atoms with van der Waals surface area (Å²) in [6.07, 6.45) is 3.37. The van der Waals surface area contributed by atoms with E-state index in [1.807, 2.05) is 0 Å². The quantitative estimate of drug-likeness (QED) is 0.848. The van der Waals surface area contributed by atoms with Crippen LogP contribution in [0.5, 0.6) is 0 Å². The fourth-order valence-corrected chi connectivity index (χ4v) is 2.77. The molecular weight excluding hydrogens is 236 g/mol. The van der Waals surface area contributed by atoms with Crippen LogP contribution >= 0.6 is 0 Å². The Morgan fingerprint density at radius 1 is 1.32 bits per heavy atom. The van der Waals surface area contributed by atoms with Gasteiger partial charge < -0.3 is 4.90 Å². The monoisotopic (exact) mass is 266 g/mol. The minimum absolute atomic E-state index is 0.169. The van der Waals surface area contributed by atoms with Gasteiger partial charge in [-0.15, -0.1) is 0 Å². The van der Waals surface area contributed by atoms with Crippen molar-refractivity contribution in [3.05, 3.63) is 0 Å². The van der Waals surface area contributed by atoms with Gasteiger partial charge in [-0.1, -0.05) is 41.5 Å². The molecule has 3 nitrogen and oxygen atoms in total. The number of carbonyl (C=O) groups excluding carboxylic acids is 1. The van der Waals surface area contributed by atoms with Gasteiger partial charge in [0.25, 0.3) is 0 Å². The van der Waals surface area contributed by atoms with Crippen molar-refractivity contribution in [2.24, 2.45) is 17.3 Å². The normalized spacial score (nSPS) is 27.4. The van der Waals surface area contributed by atoms with Crippen molar-refractivity contribution in [2.45, 2.75) is 72.5 Å². The molecule has 1 aliphatic carbocycles. The lowest BCUT2D eigenvalue weighted by Gasteiger charge is -2.34. The molecule has 3 heteroatoms. The Hall–Kier alpha value is -0.570. The predicted molar refractivity (Wildman–Crippen MR) is 78.7 cm³/mol. The van der Waals surface area contributed by atoms with Gasteiger partial charge in [-0.2, -0.15) is 0 Å². The topological polar surface area (TPSA) is 32.3 Å². The van der Waals surface area contributed by atoms with E-state index in [9.17, 15) is 4.79 Å². The van der Waals surface area contributed by atoms with Crippen LogP contribution in [-0.2, 0) is 4.79 Å². The Morgan fingerprint density at radius 3 is 2.32 bits per heavy atom. The van der Waals surface area contributed by atoms with Gasteiger partial charge in [0.15, 0.2) is 0 Å². The molecule has 1 saturated heterocycles. The van der Waals surface area contributed by atoms with Crippen molar-refractivity contribution < 1.29 is 4.79 Å². The van der Waals surface area contributed by atoms with Gasteiger partial charge in [0.1, 0.15) is 0 Å². The molecule has 0 aromatic rings. The maximum absolute atomic E-state index is 12.6. The largest absolute Gasteiger partial charge is 0.325 e. The molecule has 0 aromatic heterocycles. The zero-order chi connectivity index (χ0) is 14.4. The molecule has 0 aromatic carbocycles. The molecule has 1 N–H and O–H groups in total. The molecule has 19 heavy (non-hydrogen) atoms. The van der Waals surface area contributed by atoms with Gasteiger partial charge >= 0.3 is 0 Å². The van der Waals surface area contributed by atoms with E-state index in [-0.39, 0.29) is 17.1 Å². The molecule has 1 saturated carbocycles. The van der Waals surface area contributed by atoms with Crippen LogP contribution in [0.1, 0.15) is 60.8 Å². The summed E-state index contributed by atoms with van der Waals surface area (Å²) in [4.78, 5) is 14.7. The highest BCUT2D eigenvalue weighted by molar-refractivity contribution is 5.91. The first-order chi connectivity index (χ1) is 8.66. The molecule has 1 amide bonds. The Kier molecular flexibility index (Phi) is 3.72. The zero-order valence-corrected chi connectivity index (χ0v) is 13.4. The molecule has 0 bridgehead atoms. The van der Waals surface area contributed by atoms with Gasteiger partial charge in [-0.25, -0.2) is 0 Å². The Morgan fingerprint density at radius 2 is 1.89 bits per heavy atom. The van der Waals surface area contributed by atoms with Gasteiger partial charge in [0.2, 0.25) is 5.91 Å². The van der Waals surface area contributed by atoms with E-state index < -0.39 is 0 Å². The van der Waals surface area contributed by atoms with Crippen LogP contribution < -0.4 is 5.32 Å². The van der Waals surface area contributed by atoms with Crippen LogP contribution in [0.2, 0.25) is 0 Å². The number of carbonyl (C=O) groups is 1. The standard InChI is InChI=1S/C16H30N2O/c1-11(2)9-13-17-16(7-8-16)14(19)18(13)10-12(3)15(4,5)6/h11-13,17H,7-10H2,1-6H3. The van der Waals surface area contributed by atoms with E-state index in [0.717, 1.165) is 25.8 Å². The van der Waals surface area contributed by atoms with Gasteiger partial charge in [0, 0.05) is 6.54 Å². The summed E-state index contributed by atoms with van der Waals surface area (Å²) in [5.74, 6) is 1.49. The van der Waals surface area contributed by atoms with Gasteiger partial charge in [0.05, 0.1) is 11.7 Å². The highest BCUT2D eigenvalue weighted by Gasteiger charge is 2.59. The summed E-state index contributed by atoms with van der Waals surface area (Å²) >= 11 is 0. The van der Waals surface area contributed by atoms with Gasteiger partial charge in [-0.05, 0) is 36.5 Å². The number of nitrogens with one attached hydrogen (secondary N) is 1. The van der Waals surface area contributed by atoms with E-state index in [0.29, 0.717) is 17.7 Å². The van der Waals surface area contributed by atoms with E-state index in [2.05, 4.69) is 51.8 Å². The number of hydrogen-bond donors (Lipinski definition) is 1. The number of hydrogen-bond acceptors (Lipinski definition) is 2. The molecule has 2 atom stereocenters. The van der Waals surface area contributed by atoms with Crippen LogP contribution in [0.25, 0.3) is 0 Å². The number of amides is 1. The smallest absolute Gasteiger partial charge is 0.244 e. The Labute approximate surface area is 118 Å². The molecule has 0 radical (unpaired) electrons. The van der Waals surface area contributed by atoms with Gasteiger partial charge in [-0.3, -0.25) is 10.1 Å². The Bertz CT molecular complexity index is 352. The summed E-state index contributed by atoms with van der Waals surface area (Å²) < 4.78 is 0. The second-order valence-corrected chi connectivity index (χ2v) is 8.10. The summed E-state index contributed by atoms with van der Waals surface area (Å²) in [7, 11) is 0. The van der Waals surface area contributed by atoms with Crippen molar-refractivity contribution in [3.8, 4) is 0 Å². The van der Waals surface area contributed by atoms with Crippen LogP contribution in [0.3, 0.4) is 0 Å². The molecule has 2 fully saturated rings. The van der Waals surface area contributed by atoms with Crippen LogP contribution in [0.4, 0.5) is 0 Å². The highest BCUT2D eigenvalue weighted by Crippen LogP contribution is 2.43. The van der Waals surface area contributed by atoms with E-state index >= 15 is 0 Å². The molecule has 1 heterocycles. The van der Waals surface area contributed by atoms with E-state index in [1.165, 1.54) is 0 Å². The third-order valence-electron chi connectivity index (χ3n) is 4.88. The SMILES string of the molecule is CC(C)CC1NC2(CC2)C(=O)N1CC(C)C(C)(C)C. The second-order valence-electron chi connectivity index (χ2n) is 8.10. The Balaban J connectivity index is 2.08. The van der Waals surface area contributed by atoms with Crippen LogP contribution in [0.15, 0.2) is 0 Å². The zero-order valence-electron chi connectivity index (χ0n) is 13.4. The first-order valence-corrected chi connectivity index (χ1v) is 7.74. The third kappa shape index (κ3) is 2.96. The summed E-state index contributed by atoms with van der Waals surface area (Å²) in [6.45, 7) is 14.4. The van der Waals surface area contributed by atoms with Crippen molar-refractivity contribution >= 4 is 5.91 Å². The molecular formula is C16H30N2O. The van der Waals surface area contributed by atoms with Crippen LogP contribution in [0, 0.1) is 17.3 Å². The lowest BCUT2D eigenvalue weighted by atomic mass is 9.81. The van der Waals surface area contributed by atoms with Crippen molar-refractivity contribution in [1.29, 1.82) is 0 Å². The predicted octanol–water partition coefficient (Wildman–Crippen LogP) is 3.01. The summed E-state index contributed by atoms with van der Waals surface area (Å²) in [5, 5.41) is 3.61. The van der Waals surface area contributed by atoms with Crippen molar-refractivity contribution in [1.82, 2.24) is 10.2 Å². The third-order valence-corrected chi connectivity index (χ3v) is 4.88. The molecule has 2 aliphatic rings. The fourth-order valence-electron chi connectivity index (χ4n) is 2.77. The fraction of sp³-hybridized carbons (Fsp3) is 0.938. The average Bonchev–Trinajstić information content (AvgIpc) is 2.98. The van der Waals surface area contributed by atoms with Crippen molar-refractivity contribution in [2.75, 3.05) is 6.54 Å². The molecule has 110 valence electrons. The van der Waals surface area contributed by atoms with E-state index in [4.69, 9.17) is 0 Å². The summed E-state index contributed by atoms with van der Waals surface area (Å²) in [5.41, 5.74) is 0.0825. The first kappa shape index (κ1) is 14.8. The highest BCUT2D eigenvalue weighted by atomic mass is 16.2. The maximum Gasteiger partial charge on any atom is 0.244 e. The minimum Gasteiger partial charge on any atom is -0.325 e. The lowest BCUT2D eigenvalue weighted by Crippen LogP contribution is -2.43. The van der Waals surface area contributed by atoms with E-state index in [1.54, 1.807) is 0 Å². The molecule has 1 spiro atoms. The first-order valence-electron chi connectivity index (χ1n) is 7.74. The lowest BCUT2D eigenvalue weighted by molar-refractivity contribution is -0.131. The molecule has 1 aliphatic heterocycles. The number of rotatable bonds is 4. The average molecular weight is 266 g/mol. The molecule has 2 rings (SSSR count). The molecule has 2 unspecified atom stereocenters. The maximum atomic E-state index is 12.6.